The topological polar surface area (TPSA) is 70.3 Å². The highest BCUT2D eigenvalue weighted by atomic mass is 16.6. The lowest BCUT2D eigenvalue weighted by Crippen LogP contribution is -2.30. The lowest BCUT2D eigenvalue weighted by molar-refractivity contribution is -0.153. The van der Waals surface area contributed by atoms with Crippen LogP contribution in [0.1, 0.15) is 104 Å². The van der Waals surface area contributed by atoms with Gasteiger partial charge in [0, 0.05) is 13.3 Å². The fourth-order valence-electron chi connectivity index (χ4n) is 2.94. The van der Waals surface area contributed by atoms with E-state index >= 15 is 0 Å². The maximum atomic E-state index is 11.2. The van der Waals surface area contributed by atoms with E-state index in [1.807, 2.05) is 0 Å². The Morgan fingerprint density at radius 1 is 0.958 bits per heavy atom. The quantitative estimate of drug-likeness (QED) is 0.306. The molecule has 0 fully saturated rings. The second-order valence-electron chi connectivity index (χ2n) is 6.74. The largest absolute Gasteiger partial charge is 0.460 e. The number of nitriles is 1. The molecule has 2 unspecified atom stereocenters. The van der Waals surface area contributed by atoms with Gasteiger partial charge in [0.15, 0.2) is 0 Å². The third kappa shape index (κ3) is 14.5. The number of unbranched alkanes of at least 4 members (excludes halogenated alkanes) is 10. The van der Waals surface area contributed by atoms with E-state index in [0.717, 1.165) is 51.4 Å². The number of aliphatic hydroxyl groups is 1. The van der Waals surface area contributed by atoms with Crippen LogP contribution < -0.4 is 0 Å². The van der Waals surface area contributed by atoms with Crippen molar-refractivity contribution in [3.8, 4) is 6.07 Å². The van der Waals surface area contributed by atoms with E-state index in [9.17, 15) is 9.90 Å². The molecule has 0 radical (unpaired) electrons. The number of esters is 1. The third-order valence-corrected chi connectivity index (χ3v) is 4.38. The summed E-state index contributed by atoms with van der Waals surface area (Å²) in [6.45, 7) is 3.61. The van der Waals surface area contributed by atoms with Crippen LogP contribution in [0, 0.1) is 11.3 Å². The Balaban J connectivity index is 3.89. The van der Waals surface area contributed by atoms with E-state index in [-0.39, 0.29) is 12.1 Å². The molecule has 0 amide bonds. The Morgan fingerprint density at radius 3 is 2.08 bits per heavy atom. The van der Waals surface area contributed by atoms with Gasteiger partial charge in [0.2, 0.25) is 0 Å². The molecule has 0 aromatic carbocycles. The average Bonchev–Trinajstić information content (AvgIpc) is 2.55. The van der Waals surface area contributed by atoms with Gasteiger partial charge < -0.3 is 9.84 Å². The molecule has 0 aromatic heterocycles. The predicted molar refractivity (Wildman–Crippen MR) is 97.5 cm³/mol. The molecule has 0 aromatic rings. The molecule has 0 aliphatic rings. The summed E-state index contributed by atoms with van der Waals surface area (Å²) in [5.41, 5.74) is 0. The molecule has 0 spiro atoms. The van der Waals surface area contributed by atoms with E-state index in [1.165, 1.54) is 32.6 Å². The van der Waals surface area contributed by atoms with Crippen molar-refractivity contribution in [1.82, 2.24) is 0 Å². The van der Waals surface area contributed by atoms with Crippen LogP contribution in [0.15, 0.2) is 0 Å². The molecule has 0 saturated heterocycles. The van der Waals surface area contributed by atoms with Gasteiger partial charge in [0.25, 0.3) is 0 Å². The van der Waals surface area contributed by atoms with Gasteiger partial charge in [-0.15, -0.1) is 0 Å². The third-order valence-electron chi connectivity index (χ3n) is 4.38. The summed E-state index contributed by atoms with van der Waals surface area (Å²) < 4.78 is 5.32. The Kier molecular flexibility index (Phi) is 16.0. The number of carbonyl (C=O) groups is 1. The van der Waals surface area contributed by atoms with E-state index in [4.69, 9.17) is 10.00 Å². The summed E-state index contributed by atoms with van der Waals surface area (Å²) in [6.07, 6.45) is 13.5. The molecule has 4 nitrogen and oxygen atoms in total. The molecule has 1 N–H and O–H groups in total. The van der Waals surface area contributed by atoms with Gasteiger partial charge in [-0.25, -0.2) is 0 Å². The average molecular weight is 340 g/mol. The van der Waals surface area contributed by atoms with E-state index in [1.54, 1.807) is 0 Å². The van der Waals surface area contributed by atoms with Crippen LogP contribution in [0.4, 0.5) is 0 Å². The smallest absolute Gasteiger partial charge is 0.302 e. The zero-order valence-electron chi connectivity index (χ0n) is 15.8. The SMILES string of the molecule is CCCCCCCCC(O)C(CCCCCCCC#N)OC(C)=O. The van der Waals surface area contributed by atoms with Crippen molar-refractivity contribution in [3.05, 3.63) is 0 Å². The zero-order chi connectivity index (χ0) is 18.0. The summed E-state index contributed by atoms with van der Waals surface area (Å²) in [7, 11) is 0. The summed E-state index contributed by atoms with van der Waals surface area (Å²) in [5.74, 6) is -0.309. The summed E-state index contributed by atoms with van der Waals surface area (Å²) >= 11 is 0. The van der Waals surface area contributed by atoms with Crippen molar-refractivity contribution < 1.29 is 14.6 Å². The first kappa shape index (κ1) is 22.9. The number of rotatable bonds is 16. The zero-order valence-corrected chi connectivity index (χ0v) is 15.8. The highest BCUT2D eigenvalue weighted by Crippen LogP contribution is 2.17. The van der Waals surface area contributed by atoms with Gasteiger partial charge in [0.1, 0.15) is 6.10 Å². The summed E-state index contributed by atoms with van der Waals surface area (Å²) in [5, 5.41) is 18.8. The minimum Gasteiger partial charge on any atom is -0.460 e. The Morgan fingerprint density at radius 2 is 1.50 bits per heavy atom. The van der Waals surface area contributed by atoms with Crippen molar-refractivity contribution in [2.75, 3.05) is 0 Å². The van der Waals surface area contributed by atoms with Gasteiger partial charge in [-0.05, 0) is 25.7 Å². The van der Waals surface area contributed by atoms with Crippen LogP contribution in [0.2, 0.25) is 0 Å². The fraction of sp³-hybridized carbons (Fsp3) is 0.900. The molecular formula is C20H37NO3. The lowest BCUT2D eigenvalue weighted by Gasteiger charge is -2.22. The molecule has 140 valence electrons. The first-order chi connectivity index (χ1) is 11.6. The number of nitrogens with zero attached hydrogens (tertiary/aromatic N) is 1. The molecular weight excluding hydrogens is 302 g/mol. The fourth-order valence-corrected chi connectivity index (χ4v) is 2.94. The van der Waals surface area contributed by atoms with E-state index in [2.05, 4.69) is 13.0 Å². The summed E-state index contributed by atoms with van der Waals surface area (Å²) in [6, 6.07) is 2.16. The number of aliphatic hydroxyl groups excluding tert-OH is 1. The molecule has 0 aliphatic heterocycles. The number of ether oxygens (including phenoxy) is 1. The molecule has 0 aliphatic carbocycles. The number of hydrogen-bond acceptors (Lipinski definition) is 4. The maximum absolute atomic E-state index is 11.2. The number of carbonyl (C=O) groups excluding carboxylic acids is 1. The van der Waals surface area contributed by atoms with Crippen LogP contribution in [0.3, 0.4) is 0 Å². The van der Waals surface area contributed by atoms with Crippen LogP contribution in [0.5, 0.6) is 0 Å². The van der Waals surface area contributed by atoms with Crippen LogP contribution in [0.25, 0.3) is 0 Å². The highest BCUT2D eigenvalue weighted by Gasteiger charge is 2.21. The Bertz CT molecular complexity index is 338. The van der Waals surface area contributed by atoms with Gasteiger partial charge in [-0.1, -0.05) is 64.7 Å². The van der Waals surface area contributed by atoms with Gasteiger partial charge in [-0.2, -0.15) is 5.26 Å². The van der Waals surface area contributed by atoms with Crippen molar-refractivity contribution >= 4 is 5.97 Å². The second-order valence-corrected chi connectivity index (χ2v) is 6.74. The molecule has 0 saturated carbocycles. The molecule has 2 atom stereocenters. The number of hydrogen-bond donors (Lipinski definition) is 1. The van der Waals surface area contributed by atoms with Gasteiger partial charge in [-0.3, -0.25) is 4.79 Å². The Hall–Kier alpha value is -1.08. The Labute approximate surface area is 148 Å². The normalized spacial score (nSPS) is 13.2. The van der Waals surface area contributed by atoms with Crippen molar-refractivity contribution in [3.63, 3.8) is 0 Å². The van der Waals surface area contributed by atoms with Crippen LogP contribution in [-0.2, 0) is 9.53 Å². The maximum Gasteiger partial charge on any atom is 0.302 e. The minimum absolute atomic E-state index is 0.309. The molecule has 4 heteroatoms. The van der Waals surface area contributed by atoms with E-state index < -0.39 is 6.10 Å². The van der Waals surface area contributed by atoms with E-state index in [0.29, 0.717) is 12.8 Å². The minimum atomic E-state index is -0.543. The lowest BCUT2D eigenvalue weighted by atomic mass is 9.99. The van der Waals surface area contributed by atoms with Crippen molar-refractivity contribution in [2.45, 2.75) is 116 Å². The van der Waals surface area contributed by atoms with Crippen molar-refractivity contribution in [1.29, 1.82) is 5.26 Å². The highest BCUT2D eigenvalue weighted by molar-refractivity contribution is 5.66. The first-order valence-electron chi connectivity index (χ1n) is 9.84. The van der Waals surface area contributed by atoms with Crippen LogP contribution in [-0.4, -0.2) is 23.3 Å². The van der Waals surface area contributed by atoms with Crippen molar-refractivity contribution in [2.24, 2.45) is 0 Å². The van der Waals surface area contributed by atoms with Gasteiger partial charge in [0.05, 0.1) is 12.2 Å². The first-order valence-corrected chi connectivity index (χ1v) is 9.84. The molecule has 0 rings (SSSR count). The molecule has 24 heavy (non-hydrogen) atoms. The second kappa shape index (κ2) is 16.8. The summed E-state index contributed by atoms with van der Waals surface area (Å²) in [4.78, 5) is 11.2. The standard InChI is InChI=1S/C20H37NO3/c1-3-4-5-6-9-12-15-19(23)20(24-18(2)22)16-13-10-7-8-11-14-17-21/h19-20,23H,3-16H2,1-2H3. The molecule has 0 heterocycles. The monoisotopic (exact) mass is 339 g/mol. The predicted octanol–water partition coefficient (Wildman–Crippen LogP) is 5.28. The van der Waals surface area contributed by atoms with Crippen LogP contribution >= 0.6 is 0 Å². The molecule has 0 bridgehead atoms. The van der Waals surface area contributed by atoms with Gasteiger partial charge >= 0.3 is 5.97 Å².